The molecule has 0 radical (unpaired) electrons. The molecule has 0 bridgehead atoms. The normalized spacial score (nSPS) is 26.6. The standard InChI is InChI=1S/C14H28N4O2S2/c1-12(2)13-11-17(8-9-21-13)14(15-3)16-5-7-18-6-4-10-22(18,19)20/h12-13H,4-11H2,1-3H3,(H,15,16). The van der Waals surface area contributed by atoms with Gasteiger partial charge in [0.2, 0.25) is 10.0 Å². The smallest absolute Gasteiger partial charge is 0.214 e. The van der Waals surface area contributed by atoms with E-state index < -0.39 is 10.0 Å². The second-order valence-corrected chi connectivity index (χ2v) is 9.58. The van der Waals surface area contributed by atoms with Gasteiger partial charge in [0.15, 0.2) is 5.96 Å². The minimum atomic E-state index is -3.00. The Bertz CT molecular complexity index is 493. The van der Waals surface area contributed by atoms with E-state index in [4.69, 9.17) is 0 Å². The predicted octanol–water partition coefficient (Wildman–Crippen LogP) is 0.671. The molecular formula is C14H28N4O2S2. The van der Waals surface area contributed by atoms with E-state index in [9.17, 15) is 8.42 Å². The molecule has 2 saturated heterocycles. The van der Waals surface area contributed by atoms with E-state index in [2.05, 4.69) is 29.1 Å². The third-order valence-electron chi connectivity index (χ3n) is 4.20. The molecule has 2 aliphatic heterocycles. The van der Waals surface area contributed by atoms with E-state index in [1.54, 1.807) is 11.4 Å². The summed E-state index contributed by atoms with van der Waals surface area (Å²) in [7, 11) is -1.21. The number of sulfonamides is 1. The highest BCUT2D eigenvalue weighted by Gasteiger charge is 2.28. The summed E-state index contributed by atoms with van der Waals surface area (Å²) in [6.45, 7) is 8.31. The Morgan fingerprint density at radius 2 is 2.18 bits per heavy atom. The quantitative estimate of drug-likeness (QED) is 0.598. The second-order valence-electron chi connectivity index (χ2n) is 6.14. The van der Waals surface area contributed by atoms with Gasteiger partial charge in [0.05, 0.1) is 5.75 Å². The van der Waals surface area contributed by atoms with Crippen molar-refractivity contribution in [1.29, 1.82) is 0 Å². The van der Waals surface area contributed by atoms with Crippen LogP contribution in [0.5, 0.6) is 0 Å². The molecule has 0 spiro atoms. The van der Waals surface area contributed by atoms with Crippen molar-refractivity contribution in [1.82, 2.24) is 14.5 Å². The summed E-state index contributed by atoms with van der Waals surface area (Å²) < 4.78 is 25.1. The highest BCUT2D eigenvalue weighted by atomic mass is 32.2. The van der Waals surface area contributed by atoms with Gasteiger partial charge in [-0.15, -0.1) is 0 Å². The van der Waals surface area contributed by atoms with Crippen molar-refractivity contribution in [2.75, 3.05) is 51.3 Å². The Hall–Kier alpha value is -0.470. The minimum Gasteiger partial charge on any atom is -0.355 e. The molecule has 8 heteroatoms. The zero-order valence-corrected chi connectivity index (χ0v) is 15.4. The van der Waals surface area contributed by atoms with Crippen molar-refractivity contribution in [3.63, 3.8) is 0 Å². The van der Waals surface area contributed by atoms with Crippen molar-refractivity contribution < 1.29 is 8.42 Å². The Balaban J connectivity index is 1.82. The zero-order chi connectivity index (χ0) is 16.2. The molecule has 2 fully saturated rings. The molecule has 22 heavy (non-hydrogen) atoms. The summed E-state index contributed by atoms with van der Waals surface area (Å²) in [5.41, 5.74) is 0. The van der Waals surface area contributed by atoms with Crippen molar-refractivity contribution in [3.8, 4) is 0 Å². The van der Waals surface area contributed by atoms with E-state index in [-0.39, 0.29) is 0 Å². The molecule has 6 nitrogen and oxygen atoms in total. The largest absolute Gasteiger partial charge is 0.355 e. The van der Waals surface area contributed by atoms with E-state index >= 15 is 0 Å². The number of guanidine groups is 1. The lowest BCUT2D eigenvalue weighted by atomic mass is 10.1. The van der Waals surface area contributed by atoms with Crippen LogP contribution in [0.25, 0.3) is 0 Å². The summed E-state index contributed by atoms with van der Waals surface area (Å²) in [6.07, 6.45) is 0.747. The van der Waals surface area contributed by atoms with Crippen molar-refractivity contribution >= 4 is 27.7 Å². The molecule has 0 amide bonds. The molecule has 0 aromatic carbocycles. The predicted molar refractivity (Wildman–Crippen MR) is 94.0 cm³/mol. The fraction of sp³-hybridized carbons (Fsp3) is 0.929. The average molecular weight is 349 g/mol. The minimum absolute atomic E-state index is 0.293. The van der Waals surface area contributed by atoms with Gasteiger partial charge in [0, 0.05) is 50.8 Å². The van der Waals surface area contributed by atoms with Crippen LogP contribution in [0.15, 0.2) is 4.99 Å². The fourth-order valence-electron chi connectivity index (χ4n) is 2.84. The Morgan fingerprint density at radius 3 is 2.77 bits per heavy atom. The van der Waals surface area contributed by atoms with E-state index in [0.29, 0.717) is 36.6 Å². The highest BCUT2D eigenvalue weighted by molar-refractivity contribution is 8.00. The number of rotatable bonds is 4. The first-order chi connectivity index (χ1) is 10.4. The Morgan fingerprint density at radius 1 is 1.41 bits per heavy atom. The van der Waals surface area contributed by atoms with Crippen LogP contribution in [0, 0.1) is 5.92 Å². The monoisotopic (exact) mass is 348 g/mol. The van der Waals surface area contributed by atoms with Crippen LogP contribution in [0.4, 0.5) is 0 Å². The van der Waals surface area contributed by atoms with E-state index in [0.717, 1.165) is 31.2 Å². The van der Waals surface area contributed by atoms with Gasteiger partial charge >= 0.3 is 0 Å². The van der Waals surface area contributed by atoms with Gasteiger partial charge in [-0.1, -0.05) is 13.8 Å². The number of hydrogen-bond acceptors (Lipinski definition) is 4. The lowest BCUT2D eigenvalue weighted by Gasteiger charge is -2.36. The van der Waals surface area contributed by atoms with Crippen LogP contribution in [0.1, 0.15) is 20.3 Å². The number of hydrogen-bond donors (Lipinski definition) is 1. The first-order valence-corrected chi connectivity index (χ1v) is 10.6. The Labute approximate surface area is 138 Å². The molecular weight excluding hydrogens is 320 g/mol. The Kier molecular flexibility index (Phi) is 6.40. The first kappa shape index (κ1) is 17.9. The maximum absolute atomic E-state index is 11.8. The summed E-state index contributed by atoms with van der Waals surface area (Å²) in [6, 6.07) is 0. The number of nitrogens with zero attached hydrogens (tertiary/aromatic N) is 3. The van der Waals surface area contributed by atoms with Crippen LogP contribution < -0.4 is 5.32 Å². The van der Waals surface area contributed by atoms with Crippen LogP contribution in [0.2, 0.25) is 0 Å². The lowest BCUT2D eigenvalue weighted by molar-refractivity contribution is 0.376. The molecule has 1 atom stereocenters. The van der Waals surface area contributed by atoms with Crippen molar-refractivity contribution in [2.24, 2.45) is 10.9 Å². The van der Waals surface area contributed by atoms with Crippen molar-refractivity contribution in [3.05, 3.63) is 0 Å². The molecule has 0 aliphatic carbocycles. The van der Waals surface area contributed by atoms with Gasteiger partial charge in [0.25, 0.3) is 0 Å². The molecule has 2 rings (SSSR count). The SMILES string of the molecule is CN=C(NCCN1CCCS1(=O)=O)N1CCSC(C(C)C)C1. The van der Waals surface area contributed by atoms with Crippen LogP contribution in [-0.2, 0) is 10.0 Å². The van der Waals surface area contributed by atoms with Gasteiger partial charge in [-0.2, -0.15) is 11.8 Å². The van der Waals surface area contributed by atoms with Gasteiger partial charge in [0.1, 0.15) is 0 Å². The zero-order valence-electron chi connectivity index (χ0n) is 13.8. The third-order valence-corrected chi connectivity index (χ3v) is 7.69. The van der Waals surface area contributed by atoms with Gasteiger partial charge in [-0.25, -0.2) is 12.7 Å². The van der Waals surface area contributed by atoms with Crippen LogP contribution in [-0.4, -0.2) is 80.1 Å². The van der Waals surface area contributed by atoms with Crippen LogP contribution in [0.3, 0.4) is 0 Å². The van der Waals surface area contributed by atoms with Gasteiger partial charge in [-0.3, -0.25) is 4.99 Å². The maximum atomic E-state index is 11.8. The topological polar surface area (TPSA) is 65.0 Å². The number of thioether (sulfide) groups is 1. The average Bonchev–Trinajstić information content (AvgIpc) is 2.82. The molecule has 2 aliphatic rings. The summed E-state index contributed by atoms with van der Waals surface area (Å²) >= 11 is 2.03. The molecule has 128 valence electrons. The van der Waals surface area contributed by atoms with E-state index in [1.165, 1.54) is 0 Å². The van der Waals surface area contributed by atoms with E-state index in [1.807, 2.05) is 11.8 Å². The second kappa shape index (κ2) is 7.88. The third kappa shape index (κ3) is 4.52. The molecule has 0 saturated carbocycles. The van der Waals surface area contributed by atoms with Crippen LogP contribution >= 0.6 is 11.8 Å². The lowest BCUT2D eigenvalue weighted by Crippen LogP contribution is -2.50. The molecule has 1 N–H and O–H groups in total. The first-order valence-electron chi connectivity index (χ1n) is 7.99. The summed E-state index contributed by atoms with van der Waals surface area (Å²) in [4.78, 5) is 6.65. The van der Waals surface area contributed by atoms with Gasteiger partial charge < -0.3 is 10.2 Å². The maximum Gasteiger partial charge on any atom is 0.214 e. The molecule has 0 aromatic heterocycles. The number of nitrogens with one attached hydrogen (secondary N) is 1. The van der Waals surface area contributed by atoms with Gasteiger partial charge in [-0.05, 0) is 12.3 Å². The molecule has 1 unspecified atom stereocenters. The number of aliphatic imine (C=N–C) groups is 1. The fourth-order valence-corrected chi connectivity index (χ4v) is 5.67. The highest BCUT2D eigenvalue weighted by Crippen LogP contribution is 2.24. The summed E-state index contributed by atoms with van der Waals surface area (Å²) in [5.74, 6) is 2.95. The summed E-state index contributed by atoms with van der Waals surface area (Å²) in [5, 5.41) is 3.95. The molecule has 0 aromatic rings. The molecule has 2 heterocycles. The van der Waals surface area contributed by atoms with Crippen molar-refractivity contribution in [2.45, 2.75) is 25.5 Å².